The molecule has 1 nitrogen and oxygen atoms in total. The van der Waals surface area contributed by atoms with Crippen molar-refractivity contribution >= 4 is 23.4 Å². The van der Waals surface area contributed by atoms with Crippen molar-refractivity contribution in [2.75, 3.05) is 18.6 Å². The maximum absolute atomic E-state index is 12.9. The molecular formula is C13H19ClFNS. The fourth-order valence-electron chi connectivity index (χ4n) is 1.65. The van der Waals surface area contributed by atoms with Gasteiger partial charge in [0.2, 0.25) is 0 Å². The van der Waals surface area contributed by atoms with Crippen molar-refractivity contribution in [3.05, 3.63) is 34.6 Å². The van der Waals surface area contributed by atoms with Gasteiger partial charge < -0.3 is 5.32 Å². The van der Waals surface area contributed by atoms with Crippen LogP contribution in [0, 0.1) is 5.82 Å². The van der Waals surface area contributed by atoms with Crippen molar-refractivity contribution in [3.63, 3.8) is 0 Å². The Kier molecular flexibility index (Phi) is 6.93. The molecule has 0 aromatic heterocycles. The van der Waals surface area contributed by atoms with Gasteiger partial charge in [0.1, 0.15) is 5.82 Å². The molecule has 0 spiro atoms. The van der Waals surface area contributed by atoms with E-state index in [0.29, 0.717) is 5.02 Å². The van der Waals surface area contributed by atoms with Crippen LogP contribution in [0.3, 0.4) is 0 Å². The molecule has 0 radical (unpaired) electrons. The topological polar surface area (TPSA) is 12.0 Å². The lowest BCUT2D eigenvalue weighted by Crippen LogP contribution is -2.20. The predicted molar refractivity (Wildman–Crippen MR) is 75.4 cm³/mol. The molecule has 0 heterocycles. The van der Waals surface area contributed by atoms with Gasteiger partial charge in [0, 0.05) is 11.1 Å². The second kappa shape index (κ2) is 7.96. The summed E-state index contributed by atoms with van der Waals surface area (Å²) in [5, 5.41) is 3.90. The summed E-state index contributed by atoms with van der Waals surface area (Å²) in [5.41, 5.74) is 0.956. The van der Waals surface area contributed by atoms with Gasteiger partial charge >= 0.3 is 0 Å². The third-order valence-electron chi connectivity index (χ3n) is 2.65. The van der Waals surface area contributed by atoms with Crippen LogP contribution < -0.4 is 5.32 Å². The number of thioether (sulfide) groups is 1. The van der Waals surface area contributed by atoms with Crippen LogP contribution in [0.15, 0.2) is 18.2 Å². The summed E-state index contributed by atoms with van der Waals surface area (Å²) in [7, 11) is 0. The van der Waals surface area contributed by atoms with Crippen molar-refractivity contribution in [2.24, 2.45) is 0 Å². The molecular weight excluding hydrogens is 257 g/mol. The summed E-state index contributed by atoms with van der Waals surface area (Å²) in [5.74, 6) is 0.916. The van der Waals surface area contributed by atoms with E-state index in [1.165, 1.54) is 24.3 Å². The molecule has 0 saturated heterocycles. The molecule has 0 aliphatic carbocycles. The number of rotatable bonds is 7. The lowest BCUT2D eigenvalue weighted by Gasteiger charge is -2.15. The smallest absolute Gasteiger partial charge is 0.124 e. The summed E-state index contributed by atoms with van der Waals surface area (Å²) < 4.78 is 12.9. The van der Waals surface area contributed by atoms with E-state index in [-0.39, 0.29) is 11.9 Å². The van der Waals surface area contributed by atoms with Gasteiger partial charge in [-0.05, 0) is 56.0 Å². The third kappa shape index (κ3) is 5.28. The Hall–Kier alpha value is -0.250. The average Bonchev–Trinajstić information content (AvgIpc) is 2.28. The minimum Gasteiger partial charge on any atom is -0.310 e. The fraction of sp³-hybridized carbons (Fsp3) is 0.538. The zero-order chi connectivity index (χ0) is 12.7. The first-order valence-electron chi connectivity index (χ1n) is 5.82. The van der Waals surface area contributed by atoms with Gasteiger partial charge in [-0.15, -0.1) is 0 Å². The van der Waals surface area contributed by atoms with Gasteiger partial charge in [-0.25, -0.2) is 4.39 Å². The van der Waals surface area contributed by atoms with Crippen LogP contribution in [-0.4, -0.2) is 18.6 Å². The van der Waals surface area contributed by atoms with Crippen molar-refractivity contribution < 1.29 is 4.39 Å². The van der Waals surface area contributed by atoms with E-state index in [9.17, 15) is 4.39 Å². The minimum absolute atomic E-state index is 0.164. The fourth-order valence-corrected chi connectivity index (χ4v) is 2.48. The van der Waals surface area contributed by atoms with Crippen LogP contribution in [0.2, 0.25) is 5.02 Å². The molecule has 1 aromatic carbocycles. The van der Waals surface area contributed by atoms with Gasteiger partial charge in [-0.1, -0.05) is 17.7 Å². The molecule has 1 unspecified atom stereocenters. The molecule has 1 rings (SSSR count). The molecule has 0 aliphatic heterocycles. The lowest BCUT2D eigenvalue weighted by molar-refractivity contribution is 0.553. The van der Waals surface area contributed by atoms with E-state index < -0.39 is 0 Å². The highest BCUT2D eigenvalue weighted by Gasteiger charge is 2.09. The highest BCUT2D eigenvalue weighted by molar-refractivity contribution is 7.98. The zero-order valence-corrected chi connectivity index (χ0v) is 11.9. The minimum atomic E-state index is -0.286. The monoisotopic (exact) mass is 275 g/mol. The summed E-state index contributed by atoms with van der Waals surface area (Å²) in [6.07, 6.45) is 4.50. The quantitative estimate of drug-likeness (QED) is 0.746. The first-order valence-corrected chi connectivity index (χ1v) is 7.59. The highest BCUT2D eigenvalue weighted by atomic mass is 35.5. The zero-order valence-electron chi connectivity index (χ0n) is 10.3. The van der Waals surface area contributed by atoms with Crippen molar-refractivity contribution in [1.82, 2.24) is 5.32 Å². The van der Waals surface area contributed by atoms with Crippen LogP contribution in [0.25, 0.3) is 0 Å². The standard InChI is InChI=1S/C13H19ClFNS/c1-10(16-7-3-4-8-17-2)12-6-5-11(15)9-13(12)14/h5-6,9-10,16H,3-4,7-8H2,1-2H3. The number of nitrogens with one attached hydrogen (secondary N) is 1. The van der Waals surface area contributed by atoms with E-state index in [2.05, 4.69) is 11.6 Å². The number of halogens is 2. The van der Waals surface area contributed by atoms with E-state index in [0.717, 1.165) is 18.5 Å². The van der Waals surface area contributed by atoms with Gasteiger partial charge in [0.15, 0.2) is 0 Å². The Morgan fingerprint density at radius 3 is 2.82 bits per heavy atom. The predicted octanol–water partition coefficient (Wildman–Crippen LogP) is 4.27. The summed E-state index contributed by atoms with van der Waals surface area (Å²) in [6, 6.07) is 4.73. The third-order valence-corrected chi connectivity index (χ3v) is 3.68. The molecule has 0 fully saturated rings. The molecule has 17 heavy (non-hydrogen) atoms. The molecule has 1 atom stereocenters. The first kappa shape index (κ1) is 14.8. The second-order valence-corrected chi connectivity index (χ2v) is 5.43. The Balaban J connectivity index is 2.38. The van der Waals surface area contributed by atoms with E-state index in [1.807, 2.05) is 18.7 Å². The van der Waals surface area contributed by atoms with E-state index in [1.54, 1.807) is 6.07 Å². The summed E-state index contributed by atoms with van der Waals surface area (Å²) in [4.78, 5) is 0. The van der Waals surface area contributed by atoms with Crippen molar-refractivity contribution in [1.29, 1.82) is 0 Å². The molecule has 0 amide bonds. The molecule has 96 valence electrons. The molecule has 4 heteroatoms. The van der Waals surface area contributed by atoms with Crippen LogP contribution in [0.4, 0.5) is 4.39 Å². The number of benzene rings is 1. The SMILES string of the molecule is CSCCCCNC(C)c1ccc(F)cc1Cl. The van der Waals surface area contributed by atoms with E-state index in [4.69, 9.17) is 11.6 Å². The van der Waals surface area contributed by atoms with Crippen molar-refractivity contribution in [2.45, 2.75) is 25.8 Å². The maximum atomic E-state index is 12.9. The Bertz CT molecular complexity index is 346. The van der Waals surface area contributed by atoms with Crippen molar-refractivity contribution in [3.8, 4) is 0 Å². The molecule has 1 aromatic rings. The first-order chi connectivity index (χ1) is 8.15. The summed E-state index contributed by atoms with van der Waals surface area (Å²) >= 11 is 7.87. The van der Waals surface area contributed by atoms with Gasteiger partial charge in [-0.3, -0.25) is 0 Å². The van der Waals surface area contributed by atoms with Gasteiger partial charge in [-0.2, -0.15) is 11.8 Å². The van der Waals surface area contributed by atoms with Gasteiger partial charge in [0.25, 0.3) is 0 Å². The Labute approximate surface area is 112 Å². The molecule has 1 N–H and O–H groups in total. The largest absolute Gasteiger partial charge is 0.310 e. The normalized spacial score (nSPS) is 12.7. The maximum Gasteiger partial charge on any atom is 0.124 e. The van der Waals surface area contributed by atoms with Crippen LogP contribution in [0.5, 0.6) is 0 Å². The molecule has 0 bridgehead atoms. The highest BCUT2D eigenvalue weighted by Crippen LogP contribution is 2.23. The number of hydrogen-bond donors (Lipinski definition) is 1. The van der Waals surface area contributed by atoms with Gasteiger partial charge in [0.05, 0.1) is 0 Å². The van der Waals surface area contributed by atoms with Crippen LogP contribution in [-0.2, 0) is 0 Å². The van der Waals surface area contributed by atoms with Crippen LogP contribution in [0.1, 0.15) is 31.4 Å². The average molecular weight is 276 g/mol. The Morgan fingerprint density at radius 2 is 2.18 bits per heavy atom. The molecule has 0 aliphatic rings. The number of unbranched alkanes of at least 4 members (excludes halogenated alkanes) is 1. The number of hydrogen-bond acceptors (Lipinski definition) is 2. The Morgan fingerprint density at radius 1 is 1.41 bits per heavy atom. The lowest BCUT2D eigenvalue weighted by atomic mass is 10.1. The second-order valence-electron chi connectivity index (χ2n) is 4.04. The molecule has 0 saturated carbocycles. The van der Waals surface area contributed by atoms with Crippen LogP contribution >= 0.6 is 23.4 Å². The van der Waals surface area contributed by atoms with E-state index >= 15 is 0 Å². The summed E-state index contributed by atoms with van der Waals surface area (Å²) in [6.45, 7) is 3.02.